The minimum Gasteiger partial charge on any atom is -0.479 e. The molecule has 0 unspecified atom stereocenters. The average Bonchev–Trinajstić information content (AvgIpc) is 3.30. The van der Waals surface area contributed by atoms with Crippen LogP contribution in [0.25, 0.3) is 21.9 Å². The van der Waals surface area contributed by atoms with E-state index in [0.29, 0.717) is 48.2 Å². The molecule has 5 rings (SSSR count). The summed E-state index contributed by atoms with van der Waals surface area (Å²) < 4.78 is 11.1. The van der Waals surface area contributed by atoms with Gasteiger partial charge in [-0.3, -0.25) is 9.59 Å². The van der Waals surface area contributed by atoms with E-state index in [9.17, 15) is 24.3 Å². The first-order valence-corrected chi connectivity index (χ1v) is 13.0. The third-order valence-electron chi connectivity index (χ3n) is 7.65. The van der Waals surface area contributed by atoms with Gasteiger partial charge in [0.25, 0.3) is 0 Å². The minimum atomic E-state index is -1.13. The Morgan fingerprint density at radius 1 is 1.05 bits per heavy atom. The molecule has 2 N–H and O–H groups in total. The highest BCUT2D eigenvalue weighted by molar-refractivity contribution is 5.96. The number of carboxylic acids is 1. The Labute approximate surface area is 224 Å². The number of rotatable bonds is 7. The first-order chi connectivity index (χ1) is 18.7. The molecule has 2 aromatic heterocycles. The van der Waals surface area contributed by atoms with Gasteiger partial charge in [-0.15, -0.1) is 0 Å². The average molecular weight is 531 g/mol. The van der Waals surface area contributed by atoms with Crippen LogP contribution in [0.1, 0.15) is 47.6 Å². The second-order valence-electron chi connectivity index (χ2n) is 10.1. The number of fused-ring (bicyclic) bond motifs is 2. The maximum atomic E-state index is 13.0. The van der Waals surface area contributed by atoms with E-state index in [1.807, 2.05) is 19.9 Å². The molecule has 0 saturated carbocycles. The lowest BCUT2D eigenvalue weighted by Crippen LogP contribution is -2.44. The maximum Gasteiger partial charge on any atom is 0.339 e. The van der Waals surface area contributed by atoms with Gasteiger partial charge in [-0.1, -0.05) is 30.3 Å². The smallest absolute Gasteiger partial charge is 0.339 e. The monoisotopic (exact) mass is 530 g/mol. The van der Waals surface area contributed by atoms with E-state index >= 15 is 0 Å². The summed E-state index contributed by atoms with van der Waals surface area (Å²) in [5, 5.41) is 14.0. The Bertz CT molecular complexity index is 1610. The maximum absolute atomic E-state index is 13.0. The highest BCUT2D eigenvalue weighted by Crippen LogP contribution is 2.29. The molecule has 3 heterocycles. The first-order valence-electron chi connectivity index (χ1n) is 13.0. The molecule has 0 bridgehead atoms. The lowest BCUT2D eigenvalue weighted by atomic mass is 9.94. The number of hydrogen-bond donors (Lipinski definition) is 2. The Morgan fingerprint density at radius 2 is 1.77 bits per heavy atom. The summed E-state index contributed by atoms with van der Waals surface area (Å²) in [6.45, 7) is 4.60. The number of nitrogens with one attached hydrogen (secondary N) is 1. The minimum absolute atomic E-state index is 0.0958. The molecule has 0 radical (unpaired) electrons. The molecule has 202 valence electrons. The van der Waals surface area contributed by atoms with Gasteiger partial charge in [0.05, 0.1) is 6.26 Å². The van der Waals surface area contributed by atoms with E-state index in [4.69, 9.17) is 8.83 Å². The quantitative estimate of drug-likeness (QED) is 0.341. The van der Waals surface area contributed by atoms with Crippen LogP contribution in [0.2, 0.25) is 0 Å². The highest BCUT2D eigenvalue weighted by atomic mass is 16.4. The fraction of sp³-hybridized carbons (Fsp3) is 0.333. The predicted molar refractivity (Wildman–Crippen MR) is 144 cm³/mol. The van der Waals surface area contributed by atoms with Gasteiger partial charge < -0.3 is 24.2 Å². The zero-order chi connectivity index (χ0) is 27.7. The number of aryl methyl sites for hydroxylation is 2. The molecule has 0 aliphatic carbocycles. The number of piperidine rings is 1. The van der Waals surface area contributed by atoms with Crippen molar-refractivity contribution in [3.05, 3.63) is 81.4 Å². The van der Waals surface area contributed by atoms with E-state index in [1.165, 1.54) is 0 Å². The second-order valence-corrected chi connectivity index (χ2v) is 10.1. The van der Waals surface area contributed by atoms with Gasteiger partial charge in [0, 0.05) is 47.8 Å². The number of hydrogen-bond acceptors (Lipinski definition) is 6. The number of aliphatic carboxylic acids is 1. The number of carboxylic acid groups (broad SMARTS) is 1. The Hall–Kier alpha value is -4.40. The summed E-state index contributed by atoms with van der Waals surface area (Å²) in [5.74, 6) is -1.93. The zero-order valence-corrected chi connectivity index (χ0v) is 21.9. The molecule has 1 fully saturated rings. The third kappa shape index (κ3) is 5.30. The van der Waals surface area contributed by atoms with Crippen molar-refractivity contribution in [2.24, 2.45) is 5.92 Å². The number of nitrogens with zero attached hydrogens (tertiary/aromatic N) is 1. The summed E-state index contributed by atoms with van der Waals surface area (Å²) in [6.07, 6.45) is 2.95. The van der Waals surface area contributed by atoms with Gasteiger partial charge in [-0.05, 0) is 55.9 Å². The lowest BCUT2D eigenvalue weighted by Gasteiger charge is -2.32. The van der Waals surface area contributed by atoms with Crippen LogP contribution in [-0.4, -0.2) is 40.9 Å². The molecule has 1 aliphatic heterocycles. The third-order valence-corrected chi connectivity index (χ3v) is 7.65. The van der Waals surface area contributed by atoms with E-state index in [1.54, 1.807) is 47.6 Å². The summed E-state index contributed by atoms with van der Waals surface area (Å²) in [4.78, 5) is 51.9. The fourth-order valence-electron chi connectivity index (χ4n) is 5.30. The molecule has 1 aliphatic rings. The second kappa shape index (κ2) is 10.8. The summed E-state index contributed by atoms with van der Waals surface area (Å²) >= 11 is 0. The number of amides is 2. The van der Waals surface area contributed by atoms with Crippen LogP contribution in [0.3, 0.4) is 0 Å². The van der Waals surface area contributed by atoms with Crippen molar-refractivity contribution in [1.29, 1.82) is 0 Å². The van der Waals surface area contributed by atoms with Crippen LogP contribution in [0, 0.1) is 19.8 Å². The zero-order valence-electron chi connectivity index (χ0n) is 21.9. The Kier molecular flexibility index (Phi) is 7.24. The molecule has 1 atom stereocenters. The number of carbonyl (C=O) groups excluding carboxylic acids is 2. The van der Waals surface area contributed by atoms with Crippen molar-refractivity contribution in [1.82, 2.24) is 10.2 Å². The molecule has 1 saturated heterocycles. The summed E-state index contributed by atoms with van der Waals surface area (Å²) in [5.41, 5.74) is 3.41. The summed E-state index contributed by atoms with van der Waals surface area (Å²) in [7, 11) is 0. The van der Waals surface area contributed by atoms with Crippen LogP contribution < -0.4 is 10.9 Å². The highest BCUT2D eigenvalue weighted by Gasteiger charge is 2.30. The van der Waals surface area contributed by atoms with E-state index in [-0.39, 0.29) is 30.6 Å². The standard InChI is InChI=1S/C30H30N2O7/c1-17-16-38-24-15-25-23(14-22(17)24)18(2)21(30(37)39-25)8-9-26(33)32-12-10-20(11-13-32)28(34)31-27(29(35)36)19-6-4-3-5-7-19/h3-7,14-16,20,27H,8-13H2,1-2H3,(H,31,34)(H,35,36)/t27-/m1/s1. The van der Waals surface area contributed by atoms with Crippen molar-refractivity contribution in [3.8, 4) is 0 Å². The molecular weight excluding hydrogens is 500 g/mol. The SMILES string of the molecule is Cc1coc2cc3oc(=O)c(CCC(=O)N4CCC(C(=O)N[C@@H](C(=O)O)c5ccccc5)CC4)c(C)c3cc12. The molecule has 0 spiro atoms. The molecule has 4 aromatic rings. The van der Waals surface area contributed by atoms with Crippen molar-refractivity contribution in [2.45, 2.75) is 45.6 Å². The normalized spacial score (nSPS) is 15.0. The molecule has 2 amide bonds. The van der Waals surface area contributed by atoms with Gasteiger partial charge >= 0.3 is 11.6 Å². The van der Waals surface area contributed by atoms with Gasteiger partial charge in [0.15, 0.2) is 6.04 Å². The first kappa shape index (κ1) is 26.2. The Balaban J connectivity index is 1.20. The van der Waals surface area contributed by atoms with Crippen LogP contribution in [0.15, 0.2) is 62.4 Å². The molecule has 9 heteroatoms. The van der Waals surface area contributed by atoms with Crippen molar-refractivity contribution < 1.29 is 28.3 Å². The molecular formula is C30H30N2O7. The van der Waals surface area contributed by atoms with E-state index < -0.39 is 17.6 Å². The molecule has 39 heavy (non-hydrogen) atoms. The van der Waals surface area contributed by atoms with Gasteiger partial charge in [0.1, 0.15) is 11.2 Å². The van der Waals surface area contributed by atoms with Crippen molar-refractivity contribution >= 4 is 39.7 Å². The van der Waals surface area contributed by atoms with Crippen LogP contribution >= 0.6 is 0 Å². The van der Waals surface area contributed by atoms with Crippen molar-refractivity contribution in [2.75, 3.05) is 13.1 Å². The van der Waals surface area contributed by atoms with Gasteiger partial charge in [-0.25, -0.2) is 9.59 Å². The van der Waals surface area contributed by atoms with Crippen LogP contribution in [-0.2, 0) is 20.8 Å². The van der Waals surface area contributed by atoms with Crippen molar-refractivity contribution in [3.63, 3.8) is 0 Å². The van der Waals surface area contributed by atoms with Gasteiger partial charge in [-0.2, -0.15) is 0 Å². The fourth-order valence-corrected chi connectivity index (χ4v) is 5.30. The van der Waals surface area contributed by atoms with E-state index in [2.05, 4.69) is 5.32 Å². The summed E-state index contributed by atoms with van der Waals surface area (Å²) in [6, 6.07) is 11.1. The van der Waals surface area contributed by atoms with E-state index in [0.717, 1.165) is 21.9 Å². The predicted octanol–water partition coefficient (Wildman–Crippen LogP) is 4.27. The largest absolute Gasteiger partial charge is 0.479 e. The number of likely N-dealkylation sites (tertiary alicyclic amines) is 1. The lowest BCUT2D eigenvalue weighted by molar-refractivity contribution is -0.143. The molecule has 9 nitrogen and oxygen atoms in total. The van der Waals surface area contributed by atoms with Crippen LogP contribution in [0.5, 0.6) is 0 Å². The number of carbonyl (C=O) groups is 3. The topological polar surface area (TPSA) is 130 Å². The Morgan fingerprint density at radius 3 is 2.46 bits per heavy atom. The van der Waals surface area contributed by atoms with Crippen LogP contribution in [0.4, 0.5) is 0 Å². The van der Waals surface area contributed by atoms with Gasteiger partial charge in [0.2, 0.25) is 11.8 Å². The number of benzene rings is 2. The number of furan rings is 1. The molecule has 2 aromatic carbocycles.